The van der Waals surface area contributed by atoms with Crippen molar-refractivity contribution in [1.29, 1.82) is 0 Å². The number of carbonyl (C=O) groups excluding carboxylic acids is 1. The molecule has 0 aliphatic heterocycles. The summed E-state index contributed by atoms with van der Waals surface area (Å²) in [4.78, 5) is 12.2. The van der Waals surface area contributed by atoms with Crippen LogP contribution in [-0.4, -0.2) is 36.2 Å². The van der Waals surface area contributed by atoms with Gasteiger partial charge in [-0.15, -0.1) is 10.2 Å². The smallest absolute Gasteiger partial charge is 0.277 e. The third-order valence-corrected chi connectivity index (χ3v) is 5.76. The molecule has 2 aromatic carbocycles. The summed E-state index contributed by atoms with van der Waals surface area (Å²) >= 11 is 7.03. The van der Waals surface area contributed by atoms with Crippen LogP contribution in [0.5, 0.6) is 0 Å². The van der Waals surface area contributed by atoms with E-state index in [1.54, 1.807) is 30.5 Å². The second-order valence-corrected chi connectivity index (χ2v) is 8.30. The van der Waals surface area contributed by atoms with E-state index in [4.69, 9.17) is 16.0 Å². The molecule has 0 unspecified atom stereocenters. The van der Waals surface area contributed by atoms with Crippen molar-refractivity contribution in [3.05, 3.63) is 90.3 Å². The van der Waals surface area contributed by atoms with Crippen LogP contribution in [-0.2, 0) is 4.79 Å². The molecule has 3 heterocycles. The highest BCUT2D eigenvalue weighted by atomic mass is 35.5. The van der Waals surface area contributed by atoms with Crippen molar-refractivity contribution >= 4 is 35.0 Å². The Kier molecular flexibility index (Phi) is 5.97. The normalized spacial score (nSPS) is 10.9. The maximum Gasteiger partial charge on any atom is 0.277 e. The molecular weight excluding hydrogens is 460 g/mol. The Morgan fingerprint density at radius 2 is 1.76 bits per heavy atom. The number of nitrogens with zero attached hydrogens (tertiary/aromatic N) is 5. The summed E-state index contributed by atoms with van der Waals surface area (Å²) in [5.74, 6) is 1.03. The van der Waals surface area contributed by atoms with E-state index < -0.39 is 0 Å². The number of para-hydroxylation sites is 1. The molecule has 1 amide bonds. The van der Waals surface area contributed by atoms with E-state index >= 15 is 0 Å². The monoisotopic (exact) mass is 476 g/mol. The molecule has 0 bridgehead atoms. The first kappa shape index (κ1) is 21.0. The number of aromatic nitrogens is 5. The lowest BCUT2D eigenvalue weighted by Gasteiger charge is -2.09. The average molecular weight is 477 g/mol. The van der Waals surface area contributed by atoms with Crippen LogP contribution < -0.4 is 5.32 Å². The van der Waals surface area contributed by atoms with E-state index in [2.05, 4.69) is 20.6 Å². The molecule has 0 atom stereocenters. The minimum Gasteiger partial charge on any atom is -0.411 e. The van der Waals surface area contributed by atoms with Crippen LogP contribution in [0.2, 0.25) is 5.02 Å². The van der Waals surface area contributed by atoms with Crippen LogP contribution in [0.4, 0.5) is 5.69 Å². The van der Waals surface area contributed by atoms with Gasteiger partial charge in [0.15, 0.2) is 5.82 Å². The van der Waals surface area contributed by atoms with E-state index in [-0.39, 0.29) is 11.7 Å². The second kappa shape index (κ2) is 9.35. The standard InChI is InChI=1S/C23H17ClN6O2S/c24-16-8-10-17(11-9-16)26-20(31)15-33-23-28-27-21(32-23)19-14-25-30(18-6-2-1-3-7-18)22(19)29-12-4-5-13-29/h1-14H,15H2,(H,26,31). The Balaban J connectivity index is 1.35. The topological polar surface area (TPSA) is 90.8 Å². The van der Waals surface area contributed by atoms with Gasteiger partial charge in [-0.3, -0.25) is 4.79 Å². The average Bonchev–Trinajstić information content (AvgIpc) is 3.59. The van der Waals surface area contributed by atoms with Crippen molar-refractivity contribution in [2.75, 3.05) is 11.1 Å². The fraction of sp³-hybridized carbons (Fsp3) is 0.0435. The van der Waals surface area contributed by atoms with E-state index in [0.717, 1.165) is 23.3 Å². The zero-order valence-electron chi connectivity index (χ0n) is 17.1. The van der Waals surface area contributed by atoms with E-state index in [0.29, 0.717) is 27.4 Å². The molecule has 8 nitrogen and oxygen atoms in total. The predicted octanol–water partition coefficient (Wildman–Crippen LogP) is 5.10. The Morgan fingerprint density at radius 3 is 2.52 bits per heavy atom. The predicted molar refractivity (Wildman–Crippen MR) is 127 cm³/mol. The van der Waals surface area contributed by atoms with Crippen LogP contribution in [0.25, 0.3) is 23.0 Å². The van der Waals surface area contributed by atoms with Gasteiger partial charge in [0.25, 0.3) is 11.1 Å². The number of halogens is 1. The van der Waals surface area contributed by atoms with Gasteiger partial charge < -0.3 is 14.3 Å². The maximum absolute atomic E-state index is 12.2. The van der Waals surface area contributed by atoms with Gasteiger partial charge in [0.05, 0.1) is 17.6 Å². The van der Waals surface area contributed by atoms with Gasteiger partial charge >= 0.3 is 0 Å². The highest BCUT2D eigenvalue weighted by Crippen LogP contribution is 2.30. The lowest BCUT2D eigenvalue weighted by molar-refractivity contribution is -0.113. The number of benzene rings is 2. The van der Waals surface area contributed by atoms with Crippen LogP contribution in [0.3, 0.4) is 0 Å². The van der Waals surface area contributed by atoms with Crippen molar-refractivity contribution in [3.63, 3.8) is 0 Å². The molecule has 0 fully saturated rings. The van der Waals surface area contributed by atoms with Gasteiger partial charge in [-0.25, -0.2) is 4.68 Å². The quantitative estimate of drug-likeness (QED) is 0.329. The summed E-state index contributed by atoms with van der Waals surface area (Å²) < 4.78 is 9.60. The fourth-order valence-corrected chi connectivity index (χ4v) is 3.90. The molecule has 0 spiro atoms. The SMILES string of the molecule is O=C(CSc1nnc(-c2cnn(-c3ccccc3)c2-n2cccc2)o1)Nc1ccc(Cl)cc1. The summed E-state index contributed by atoms with van der Waals surface area (Å²) in [6.45, 7) is 0. The van der Waals surface area contributed by atoms with Gasteiger partial charge in [0, 0.05) is 23.1 Å². The molecule has 10 heteroatoms. The highest BCUT2D eigenvalue weighted by molar-refractivity contribution is 7.99. The van der Waals surface area contributed by atoms with Gasteiger partial charge in [-0.2, -0.15) is 5.10 Å². The highest BCUT2D eigenvalue weighted by Gasteiger charge is 2.20. The largest absolute Gasteiger partial charge is 0.411 e. The van der Waals surface area contributed by atoms with Gasteiger partial charge in [0.2, 0.25) is 5.91 Å². The summed E-state index contributed by atoms with van der Waals surface area (Å²) in [7, 11) is 0. The second-order valence-electron chi connectivity index (χ2n) is 6.94. The van der Waals surface area contributed by atoms with E-state index in [1.165, 1.54) is 0 Å². The molecule has 1 N–H and O–H groups in total. The summed E-state index contributed by atoms with van der Waals surface area (Å²) in [6.07, 6.45) is 5.54. The number of hydrogen-bond donors (Lipinski definition) is 1. The van der Waals surface area contributed by atoms with Gasteiger partial charge in [0.1, 0.15) is 5.56 Å². The first-order chi connectivity index (χ1) is 16.2. The first-order valence-electron chi connectivity index (χ1n) is 9.96. The van der Waals surface area contributed by atoms with Crippen LogP contribution >= 0.6 is 23.4 Å². The Labute approximate surface area is 198 Å². The molecule has 3 aromatic heterocycles. The number of hydrogen-bond acceptors (Lipinski definition) is 6. The maximum atomic E-state index is 12.2. The minimum atomic E-state index is -0.188. The zero-order chi connectivity index (χ0) is 22.6. The van der Waals surface area contributed by atoms with Crippen molar-refractivity contribution in [2.45, 2.75) is 5.22 Å². The number of anilines is 1. The van der Waals surface area contributed by atoms with Crippen LogP contribution in [0.1, 0.15) is 0 Å². The number of amides is 1. The van der Waals surface area contributed by atoms with Crippen molar-refractivity contribution in [3.8, 4) is 23.0 Å². The molecule has 0 aliphatic rings. The Hall–Kier alpha value is -3.82. The summed E-state index contributed by atoms with van der Waals surface area (Å²) in [5, 5.41) is 16.5. The zero-order valence-corrected chi connectivity index (χ0v) is 18.7. The molecular formula is C23H17ClN6O2S. The lowest BCUT2D eigenvalue weighted by Crippen LogP contribution is -2.13. The Bertz CT molecular complexity index is 1360. The number of carbonyl (C=O) groups is 1. The fourth-order valence-electron chi connectivity index (χ4n) is 3.21. The summed E-state index contributed by atoms with van der Waals surface area (Å²) in [6, 6.07) is 20.6. The van der Waals surface area contributed by atoms with Crippen molar-refractivity contribution in [2.24, 2.45) is 0 Å². The number of thioether (sulfide) groups is 1. The first-order valence-corrected chi connectivity index (χ1v) is 11.3. The number of rotatable bonds is 7. The van der Waals surface area contributed by atoms with Crippen molar-refractivity contribution < 1.29 is 9.21 Å². The molecule has 164 valence electrons. The van der Waals surface area contributed by atoms with Crippen LogP contribution in [0.15, 0.2) is 95.0 Å². The molecule has 33 heavy (non-hydrogen) atoms. The van der Waals surface area contributed by atoms with Gasteiger partial charge in [-0.1, -0.05) is 41.6 Å². The molecule has 0 radical (unpaired) electrons. The molecule has 5 aromatic rings. The third-order valence-electron chi connectivity index (χ3n) is 4.69. The van der Waals surface area contributed by atoms with E-state index in [9.17, 15) is 4.79 Å². The lowest BCUT2D eigenvalue weighted by atomic mass is 10.3. The third kappa shape index (κ3) is 4.69. The van der Waals surface area contributed by atoms with Crippen LogP contribution in [0, 0.1) is 0 Å². The minimum absolute atomic E-state index is 0.123. The molecule has 0 saturated carbocycles. The molecule has 0 aliphatic carbocycles. The summed E-state index contributed by atoms with van der Waals surface area (Å²) in [5.41, 5.74) is 2.25. The van der Waals surface area contributed by atoms with Crippen molar-refractivity contribution in [1.82, 2.24) is 24.5 Å². The van der Waals surface area contributed by atoms with Gasteiger partial charge in [-0.05, 0) is 48.5 Å². The number of nitrogens with one attached hydrogen (secondary N) is 1. The Morgan fingerprint density at radius 1 is 1.00 bits per heavy atom. The molecule has 5 rings (SSSR count). The molecule has 0 saturated heterocycles. The van der Waals surface area contributed by atoms with E-state index in [1.807, 2.05) is 64.1 Å².